The normalized spacial score (nSPS) is 20.5. The zero-order valence-electron chi connectivity index (χ0n) is 20.6. The Hall–Kier alpha value is -3.88. The molecule has 0 bridgehead atoms. The number of fused-ring (bicyclic) bond motifs is 10. The molecule has 1 unspecified atom stereocenters. The summed E-state index contributed by atoms with van der Waals surface area (Å²) in [5.41, 5.74) is 10.2. The molecule has 1 atom stereocenters. The van der Waals surface area contributed by atoms with Crippen LogP contribution in [0, 0.1) is 5.41 Å². The van der Waals surface area contributed by atoms with Gasteiger partial charge >= 0.3 is 0 Å². The number of hydrogen-bond donors (Lipinski definition) is 0. The molecular formula is C35H25NS. The molecule has 0 saturated carbocycles. The summed E-state index contributed by atoms with van der Waals surface area (Å²) in [5.74, 6) is 0. The van der Waals surface area contributed by atoms with E-state index in [1.165, 1.54) is 54.1 Å². The molecule has 0 radical (unpaired) electrons. The number of rotatable bonds is 1. The van der Waals surface area contributed by atoms with E-state index in [2.05, 4.69) is 116 Å². The van der Waals surface area contributed by atoms with E-state index in [4.69, 9.17) is 4.98 Å². The van der Waals surface area contributed by atoms with Crippen LogP contribution < -0.4 is 0 Å². The van der Waals surface area contributed by atoms with E-state index in [1.807, 2.05) is 24.0 Å². The van der Waals surface area contributed by atoms with Crippen LogP contribution in [0.2, 0.25) is 0 Å². The molecule has 1 aliphatic heterocycles. The van der Waals surface area contributed by atoms with Crippen molar-refractivity contribution in [3.05, 3.63) is 149 Å². The summed E-state index contributed by atoms with van der Waals surface area (Å²) < 4.78 is 0. The lowest BCUT2D eigenvalue weighted by atomic mass is 9.53. The molecule has 176 valence electrons. The molecule has 0 saturated heterocycles. The second-order valence-electron chi connectivity index (χ2n) is 10.5. The third-order valence-corrected chi connectivity index (χ3v) is 10.2. The molecule has 0 amide bonds. The van der Waals surface area contributed by atoms with E-state index >= 15 is 0 Å². The lowest BCUT2D eigenvalue weighted by molar-refractivity contribution is 0.280. The first-order valence-electron chi connectivity index (χ1n) is 13.0. The molecule has 1 spiro atoms. The highest BCUT2D eigenvalue weighted by Gasteiger charge is 2.61. The van der Waals surface area contributed by atoms with E-state index in [0.717, 1.165) is 11.9 Å². The largest absolute Gasteiger partial charge is 0.256 e. The highest BCUT2D eigenvalue weighted by molar-refractivity contribution is 8.03. The van der Waals surface area contributed by atoms with Gasteiger partial charge in [-0.2, -0.15) is 0 Å². The van der Waals surface area contributed by atoms with Crippen molar-refractivity contribution in [2.75, 3.05) is 0 Å². The van der Waals surface area contributed by atoms with Crippen molar-refractivity contribution in [3.63, 3.8) is 0 Å². The molecule has 5 aromatic rings. The minimum Gasteiger partial charge on any atom is -0.256 e. The van der Waals surface area contributed by atoms with Gasteiger partial charge in [-0.05, 0) is 51.9 Å². The van der Waals surface area contributed by atoms with E-state index in [1.54, 1.807) is 0 Å². The molecule has 37 heavy (non-hydrogen) atoms. The van der Waals surface area contributed by atoms with Gasteiger partial charge in [0.25, 0.3) is 0 Å². The molecule has 3 aliphatic rings. The predicted molar refractivity (Wildman–Crippen MR) is 155 cm³/mol. The maximum Gasteiger partial charge on any atom is 0.0780 e. The van der Waals surface area contributed by atoms with Gasteiger partial charge < -0.3 is 0 Å². The van der Waals surface area contributed by atoms with Crippen molar-refractivity contribution < 1.29 is 0 Å². The monoisotopic (exact) mass is 491 g/mol. The quantitative estimate of drug-likeness (QED) is 0.232. The van der Waals surface area contributed by atoms with Gasteiger partial charge in [0.1, 0.15) is 0 Å². The van der Waals surface area contributed by atoms with Crippen LogP contribution in [0.4, 0.5) is 0 Å². The number of nitrogens with zero attached hydrogens (tertiary/aromatic N) is 1. The fourth-order valence-electron chi connectivity index (χ4n) is 7.30. The maximum absolute atomic E-state index is 4.84. The van der Waals surface area contributed by atoms with E-state index in [0.29, 0.717) is 0 Å². The summed E-state index contributed by atoms with van der Waals surface area (Å²) in [4.78, 5) is 7.64. The summed E-state index contributed by atoms with van der Waals surface area (Å²) in [5, 5.41) is 1.18. The Labute approximate surface area is 221 Å². The van der Waals surface area contributed by atoms with E-state index < -0.39 is 0 Å². The number of para-hydroxylation sites is 1. The summed E-state index contributed by atoms with van der Waals surface area (Å²) in [6, 6.07) is 38.1. The zero-order chi connectivity index (χ0) is 24.6. The average molecular weight is 492 g/mol. The second kappa shape index (κ2) is 7.57. The first-order chi connectivity index (χ1) is 18.2. The molecule has 4 aromatic carbocycles. The Kier molecular flexibility index (Phi) is 4.34. The van der Waals surface area contributed by atoms with Crippen LogP contribution in [-0.2, 0) is 5.41 Å². The number of pyridine rings is 1. The Balaban J connectivity index is 1.53. The maximum atomic E-state index is 4.84. The van der Waals surface area contributed by atoms with Gasteiger partial charge in [0, 0.05) is 32.4 Å². The summed E-state index contributed by atoms with van der Waals surface area (Å²) in [6.45, 7) is 2.51. The number of aromatic nitrogens is 1. The molecule has 2 heterocycles. The lowest BCUT2D eigenvalue weighted by Crippen LogP contribution is -2.48. The van der Waals surface area contributed by atoms with Crippen LogP contribution >= 0.6 is 11.8 Å². The number of hydrogen-bond acceptors (Lipinski definition) is 2. The Morgan fingerprint density at radius 2 is 1.32 bits per heavy atom. The number of allylic oxidation sites excluding steroid dienone is 4. The standard InChI is InChI=1S/C35H25NS/c1-34-21-9-16-27(26-15-8-11-23-12-10-22-36-32(23)26)33(34)37-31-20-7-6-19-30(31)35(34)28-17-4-2-13-24(28)25-14-3-5-18-29(25)35/h2-20,22H,21H2,1H3. The van der Waals surface area contributed by atoms with Gasteiger partial charge in [0.15, 0.2) is 0 Å². The topological polar surface area (TPSA) is 12.9 Å². The van der Waals surface area contributed by atoms with Crippen LogP contribution in [0.25, 0.3) is 27.6 Å². The first kappa shape index (κ1) is 21.2. The van der Waals surface area contributed by atoms with Crippen molar-refractivity contribution in [2.24, 2.45) is 5.41 Å². The number of thioether (sulfide) groups is 1. The van der Waals surface area contributed by atoms with E-state index in [9.17, 15) is 0 Å². The summed E-state index contributed by atoms with van der Waals surface area (Å²) in [7, 11) is 0. The molecule has 1 nitrogen and oxygen atoms in total. The SMILES string of the molecule is CC12CC=CC(c3cccc4cccnc34)=C1Sc1ccccc1C21c2ccccc2-c2ccccc21. The first-order valence-corrected chi connectivity index (χ1v) is 13.8. The van der Waals surface area contributed by atoms with Crippen LogP contribution in [0.1, 0.15) is 35.6 Å². The number of benzene rings is 4. The van der Waals surface area contributed by atoms with Gasteiger partial charge in [-0.25, -0.2) is 0 Å². The van der Waals surface area contributed by atoms with Crippen LogP contribution in [-0.4, -0.2) is 4.98 Å². The highest BCUT2D eigenvalue weighted by Crippen LogP contribution is 2.71. The van der Waals surface area contributed by atoms with Crippen LogP contribution in [0.5, 0.6) is 0 Å². The molecular weight excluding hydrogens is 466 g/mol. The fraction of sp³-hybridized carbons (Fsp3) is 0.114. The van der Waals surface area contributed by atoms with Crippen LogP contribution in [0.3, 0.4) is 0 Å². The predicted octanol–water partition coefficient (Wildman–Crippen LogP) is 9.03. The van der Waals surface area contributed by atoms with Crippen molar-refractivity contribution in [3.8, 4) is 11.1 Å². The molecule has 2 aliphatic carbocycles. The molecule has 0 fully saturated rings. The minimum absolute atomic E-state index is 0.157. The van der Waals surface area contributed by atoms with Crippen molar-refractivity contribution in [2.45, 2.75) is 23.7 Å². The highest BCUT2D eigenvalue weighted by atomic mass is 32.2. The molecule has 2 heteroatoms. The van der Waals surface area contributed by atoms with Crippen molar-refractivity contribution in [1.82, 2.24) is 4.98 Å². The zero-order valence-corrected chi connectivity index (χ0v) is 21.4. The van der Waals surface area contributed by atoms with Crippen molar-refractivity contribution in [1.29, 1.82) is 0 Å². The Morgan fingerprint density at radius 3 is 2.11 bits per heavy atom. The third kappa shape index (κ3) is 2.59. The Morgan fingerprint density at radius 1 is 0.676 bits per heavy atom. The average Bonchev–Trinajstić information content (AvgIpc) is 3.25. The van der Waals surface area contributed by atoms with Gasteiger partial charge in [0.05, 0.1) is 10.9 Å². The second-order valence-corrected chi connectivity index (χ2v) is 11.6. The Bertz CT molecular complexity index is 1760. The van der Waals surface area contributed by atoms with Gasteiger partial charge in [-0.1, -0.05) is 122 Å². The lowest BCUT2D eigenvalue weighted by Gasteiger charge is -2.54. The minimum atomic E-state index is -0.272. The van der Waals surface area contributed by atoms with E-state index in [-0.39, 0.29) is 10.8 Å². The molecule has 8 rings (SSSR count). The molecule has 1 aromatic heterocycles. The van der Waals surface area contributed by atoms with Gasteiger partial charge in [-0.15, -0.1) is 0 Å². The molecule has 0 N–H and O–H groups in total. The van der Waals surface area contributed by atoms with Crippen LogP contribution in [0.15, 0.2) is 131 Å². The van der Waals surface area contributed by atoms with Gasteiger partial charge in [-0.3, -0.25) is 4.98 Å². The fourth-order valence-corrected chi connectivity index (χ4v) is 8.74. The van der Waals surface area contributed by atoms with Crippen molar-refractivity contribution >= 4 is 28.2 Å². The smallest absolute Gasteiger partial charge is 0.0780 e. The summed E-state index contributed by atoms with van der Waals surface area (Å²) in [6.07, 6.45) is 7.65. The summed E-state index contributed by atoms with van der Waals surface area (Å²) >= 11 is 1.96. The van der Waals surface area contributed by atoms with Gasteiger partial charge in [0.2, 0.25) is 0 Å². The third-order valence-electron chi connectivity index (χ3n) is 8.76.